The van der Waals surface area contributed by atoms with Gasteiger partial charge in [-0.3, -0.25) is 9.08 Å². The van der Waals surface area contributed by atoms with E-state index in [2.05, 4.69) is 63.6 Å². The Morgan fingerprint density at radius 1 is 1.00 bits per heavy atom. The Morgan fingerprint density at radius 2 is 1.81 bits per heavy atom. The largest absolute Gasteiger partial charge is 0.357 e. The molecule has 0 saturated carbocycles. The molecule has 4 aromatic rings. The molecule has 0 radical (unpaired) electrons. The number of pyridine rings is 1. The third kappa shape index (κ3) is 4.74. The summed E-state index contributed by atoms with van der Waals surface area (Å²) in [6.45, 7) is 8.83. The monoisotopic (exact) mass is 416 g/mol. The molecule has 0 atom stereocenters. The molecule has 31 heavy (non-hydrogen) atoms. The van der Waals surface area contributed by atoms with Crippen LogP contribution in [-0.2, 0) is 19.6 Å². The minimum atomic E-state index is 0.530. The summed E-state index contributed by atoms with van der Waals surface area (Å²) < 4.78 is 4.02. The van der Waals surface area contributed by atoms with Gasteiger partial charge in [-0.2, -0.15) is 5.10 Å². The molecule has 0 unspecified atom stereocenters. The normalized spacial score (nSPS) is 11.8. The van der Waals surface area contributed by atoms with Crippen LogP contribution in [0.5, 0.6) is 0 Å². The first-order valence-electron chi connectivity index (χ1n) is 10.5. The lowest BCUT2D eigenvalue weighted by Gasteiger charge is -2.11. The summed E-state index contributed by atoms with van der Waals surface area (Å²) in [6, 6.07) is 16.2. The second-order valence-electron chi connectivity index (χ2n) is 7.39. The zero-order valence-corrected chi connectivity index (χ0v) is 18.2. The van der Waals surface area contributed by atoms with E-state index in [4.69, 9.17) is 10.1 Å². The zero-order valence-electron chi connectivity index (χ0n) is 18.2. The molecule has 0 bridgehead atoms. The predicted molar refractivity (Wildman–Crippen MR) is 122 cm³/mol. The average Bonchev–Trinajstić information content (AvgIpc) is 3.31. The Labute approximate surface area is 182 Å². The van der Waals surface area contributed by atoms with Crippen molar-refractivity contribution >= 4 is 11.6 Å². The van der Waals surface area contributed by atoms with Crippen molar-refractivity contribution in [3.05, 3.63) is 83.1 Å². The van der Waals surface area contributed by atoms with E-state index in [9.17, 15) is 0 Å². The van der Waals surface area contributed by atoms with E-state index in [0.717, 1.165) is 47.5 Å². The number of aryl methyl sites for hydroxylation is 1. The van der Waals surface area contributed by atoms with Crippen molar-refractivity contribution in [3.8, 4) is 0 Å². The van der Waals surface area contributed by atoms with Crippen LogP contribution in [0.4, 0.5) is 0 Å². The van der Waals surface area contributed by atoms with Crippen LogP contribution in [-0.4, -0.2) is 36.9 Å². The fourth-order valence-electron chi connectivity index (χ4n) is 3.55. The van der Waals surface area contributed by atoms with Crippen LogP contribution in [0.25, 0.3) is 5.65 Å². The predicted octanol–water partition coefficient (Wildman–Crippen LogP) is 2.85. The van der Waals surface area contributed by atoms with Gasteiger partial charge in [-0.1, -0.05) is 36.4 Å². The molecule has 160 valence electrons. The highest BCUT2D eigenvalue weighted by atomic mass is 15.3. The van der Waals surface area contributed by atoms with Gasteiger partial charge in [0.25, 0.3) is 0 Å². The number of benzene rings is 1. The van der Waals surface area contributed by atoms with Crippen molar-refractivity contribution in [3.63, 3.8) is 0 Å². The smallest absolute Gasteiger partial charge is 0.191 e. The maximum absolute atomic E-state index is 4.79. The van der Waals surface area contributed by atoms with Crippen molar-refractivity contribution < 1.29 is 0 Å². The van der Waals surface area contributed by atoms with E-state index in [1.54, 1.807) is 0 Å². The maximum atomic E-state index is 4.79. The van der Waals surface area contributed by atoms with E-state index in [1.807, 2.05) is 41.8 Å². The van der Waals surface area contributed by atoms with Crippen LogP contribution in [0.15, 0.2) is 59.7 Å². The molecule has 0 amide bonds. The van der Waals surface area contributed by atoms with Crippen molar-refractivity contribution in [1.82, 2.24) is 35.0 Å². The van der Waals surface area contributed by atoms with Gasteiger partial charge in [-0.15, -0.1) is 10.2 Å². The number of aliphatic imine (C=N–C) groups is 1. The number of rotatable bonds is 7. The van der Waals surface area contributed by atoms with Crippen molar-refractivity contribution in [1.29, 1.82) is 0 Å². The second-order valence-corrected chi connectivity index (χ2v) is 7.39. The SMILES string of the molecule is CCNC(=NCc1c(C)nn(Cc2ccccc2)c1C)NCc1nnc2ccccn12. The van der Waals surface area contributed by atoms with Crippen molar-refractivity contribution in [2.75, 3.05) is 6.54 Å². The second kappa shape index (κ2) is 9.42. The van der Waals surface area contributed by atoms with E-state index in [0.29, 0.717) is 13.1 Å². The Kier molecular flexibility index (Phi) is 6.26. The van der Waals surface area contributed by atoms with Gasteiger partial charge < -0.3 is 10.6 Å². The minimum Gasteiger partial charge on any atom is -0.357 e. The highest BCUT2D eigenvalue weighted by Gasteiger charge is 2.12. The lowest BCUT2D eigenvalue weighted by Crippen LogP contribution is -2.37. The van der Waals surface area contributed by atoms with Gasteiger partial charge in [-0.25, -0.2) is 4.99 Å². The quantitative estimate of drug-likeness (QED) is 0.357. The van der Waals surface area contributed by atoms with Gasteiger partial charge in [0.2, 0.25) is 0 Å². The van der Waals surface area contributed by atoms with E-state index < -0.39 is 0 Å². The summed E-state index contributed by atoms with van der Waals surface area (Å²) in [6.07, 6.45) is 1.96. The molecule has 3 heterocycles. The lowest BCUT2D eigenvalue weighted by molar-refractivity contribution is 0.658. The molecule has 0 fully saturated rings. The summed E-state index contributed by atoms with van der Waals surface area (Å²) in [5.74, 6) is 1.58. The number of hydrogen-bond donors (Lipinski definition) is 2. The molecule has 0 aliphatic rings. The number of nitrogens with one attached hydrogen (secondary N) is 2. The van der Waals surface area contributed by atoms with E-state index in [-0.39, 0.29) is 0 Å². The minimum absolute atomic E-state index is 0.530. The Balaban J connectivity index is 1.47. The molecule has 0 spiro atoms. The van der Waals surface area contributed by atoms with Crippen molar-refractivity contribution in [2.45, 2.75) is 40.4 Å². The van der Waals surface area contributed by atoms with Gasteiger partial charge >= 0.3 is 0 Å². The van der Waals surface area contributed by atoms with Gasteiger partial charge in [0.15, 0.2) is 17.4 Å². The fourth-order valence-corrected chi connectivity index (χ4v) is 3.55. The van der Waals surface area contributed by atoms with E-state index in [1.165, 1.54) is 5.56 Å². The van der Waals surface area contributed by atoms with Crippen LogP contribution in [0.3, 0.4) is 0 Å². The number of hydrogen-bond acceptors (Lipinski definition) is 4. The Hall–Kier alpha value is -3.68. The van der Waals surface area contributed by atoms with E-state index >= 15 is 0 Å². The third-order valence-corrected chi connectivity index (χ3v) is 5.24. The molecule has 2 N–H and O–H groups in total. The van der Waals surface area contributed by atoms with Crippen LogP contribution < -0.4 is 10.6 Å². The van der Waals surface area contributed by atoms with Crippen LogP contribution in [0.1, 0.15) is 35.3 Å². The first-order valence-corrected chi connectivity index (χ1v) is 10.5. The molecular formula is C23H28N8. The van der Waals surface area contributed by atoms with Crippen molar-refractivity contribution in [2.24, 2.45) is 4.99 Å². The Bertz CT molecular complexity index is 1170. The number of aromatic nitrogens is 5. The van der Waals surface area contributed by atoms with Gasteiger partial charge in [0.05, 0.1) is 25.3 Å². The van der Waals surface area contributed by atoms with Crippen LogP contribution >= 0.6 is 0 Å². The molecule has 0 aliphatic carbocycles. The highest BCUT2D eigenvalue weighted by molar-refractivity contribution is 5.79. The molecule has 8 nitrogen and oxygen atoms in total. The summed E-state index contributed by atoms with van der Waals surface area (Å²) in [7, 11) is 0. The highest BCUT2D eigenvalue weighted by Crippen LogP contribution is 2.16. The summed E-state index contributed by atoms with van der Waals surface area (Å²) in [5.41, 5.74) is 5.37. The first kappa shape index (κ1) is 20.6. The number of nitrogens with zero attached hydrogens (tertiary/aromatic N) is 6. The van der Waals surface area contributed by atoms with Gasteiger partial charge in [-0.05, 0) is 38.5 Å². The number of fused-ring (bicyclic) bond motifs is 1. The van der Waals surface area contributed by atoms with Crippen LogP contribution in [0.2, 0.25) is 0 Å². The molecule has 0 saturated heterocycles. The molecule has 4 rings (SSSR count). The molecule has 8 heteroatoms. The molecule has 3 aromatic heterocycles. The molecule has 1 aromatic carbocycles. The third-order valence-electron chi connectivity index (χ3n) is 5.24. The average molecular weight is 417 g/mol. The van der Waals surface area contributed by atoms with Gasteiger partial charge in [0.1, 0.15) is 0 Å². The summed E-state index contributed by atoms with van der Waals surface area (Å²) >= 11 is 0. The fraction of sp³-hybridized carbons (Fsp3) is 0.304. The summed E-state index contributed by atoms with van der Waals surface area (Å²) in [4.78, 5) is 4.79. The molecular weight excluding hydrogens is 388 g/mol. The summed E-state index contributed by atoms with van der Waals surface area (Å²) in [5, 5.41) is 19.9. The maximum Gasteiger partial charge on any atom is 0.191 e. The lowest BCUT2D eigenvalue weighted by atomic mass is 10.2. The first-order chi connectivity index (χ1) is 15.2. The Morgan fingerprint density at radius 3 is 2.61 bits per heavy atom. The van der Waals surface area contributed by atoms with Gasteiger partial charge in [0, 0.05) is 24.0 Å². The molecule has 0 aliphatic heterocycles. The zero-order chi connectivity index (χ0) is 21.6. The van der Waals surface area contributed by atoms with Crippen LogP contribution in [0, 0.1) is 13.8 Å². The topological polar surface area (TPSA) is 84.4 Å². The standard InChI is InChI=1S/C23H28N8/c1-4-24-23(26-15-22-28-27-21-12-8-9-13-30(21)22)25-14-20-17(2)29-31(18(20)3)16-19-10-6-5-7-11-19/h5-13H,4,14-16H2,1-3H3,(H2,24,25,26). The number of guanidine groups is 1.